The maximum absolute atomic E-state index is 13.4. The summed E-state index contributed by atoms with van der Waals surface area (Å²) in [7, 11) is -7.61. The predicted molar refractivity (Wildman–Crippen MR) is 118 cm³/mol. The van der Waals surface area contributed by atoms with Crippen LogP contribution in [0.15, 0.2) is 81.3 Å². The monoisotopic (exact) mass is 479 g/mol. The van der Waals surface area contributed by atoms with E-state index in [-0.39, 0.29) is 16.3 Å². The highest BCUT2D eigenvalue weighted by Crippen LogP contribution is 2.38. The van der Waals surface area contributed by atoms with E-state index in [1.807, 2.05) is 0 Å². The highest BCUT2D eigenvalue weighted by Gasteiger charge is 2.39. The summed E-state index contributed by atoms with van der Waals surface area (Å²) in [5, 5.41) is 4.67. The fourth-order valence-corrected chi connectivity index (χ4v) is 5.62. The van der Waals surface area contributed by atoms with Crippen LogP contribution in [0.2, 0.25) is 5.02 Å². The standard InChI is InChI=1S/C20H18ClN3O5S2/c1-30(25,26)23-17-9-3-2-8-16(17)18-13-19(20-10-5-11-29-20)24(22-18)31(27,28)15-7-4-6-14(21)12-15/h2-12,19,23H,13H2,1H3/t19-/m1/s1. The molecule has 0 saturated heterocycles. The number of halogens is 1. The molecule has 0 radical (unpaired) electrons. The third-order valence-electron chi connectivity index (χ3n) is 4.62. The summed E-state index contributed by atoms with van der Waals surface area (Å²) in [6.07, 6.45) is 2.69. The number of anilines is 1. The van der Waals surface area contributed by atoms with Gasteiger partial charge in [-0.1, -0.05) is 35.9 Å². The molecule has 0 spiro atoms. The highest BCUT2D eigenvalue weighted by atomic mass is 35.5. The lowest BCUT2D eigenvalue weighted by molar-refractivity contribution is 0.320. The number of hydrazone groups is 1. The zero-order chi connectivity index (χ0) is 22.2. The van der Waals surface area contributed by atoms with E-state index in [0.29, 0.717) is 22.7 Å². The third-order valence-corrected chi connectivity index (χ3v) is 7.12. The average molecular weight is 480 g/mol. The number of rotatable bonds is 6. The summed E-state index contributed by atoms with van der Waals surface area (Å²) in [6.45, 7) is 0. The van der Waals surface area contributed by atoms with E-state index >= 15 is 0 Å². The van der Waals surface area contributed by atoms with Gasteiger partial charge in [-0.3, -0.25) is 4.72 Å². The van der Waals surface area contributed by atoms with E-state index in [9.17, 15) is 16.8 Å². The molecule has 3 aromatic rings. The van der Waals surface area contributed by atoms with Gasteiger partial charge >= 0.3 is 0 Å². The maximum atomic E-state index is 13.4. The molecule has 1 aliphatic heterocycles. The van der Waals surface area contributed by atoms with Crippen LogP contribution in [0.4, 0.5) is 5.69 Å². The van der Waals surface area contributed by atoms with Crippen molar-refractivity contribution in [3.8, 4) is 0 Å². The zero-order valence-electron chi connectivity index (χ0n) is 16.3. The fourth-order valence-electron chi connectivity index (χ4n) is 3.33. The number of benzene rings is 2. The van der Waals surface area contributed by atoms with Crippen LogP contribution >= 0.6 is 11.6 Å². The third kappa shape index (κ3) is 4.46. The van der Waals surface area contributed by atoms with E-state index in [4.69, 9.17) is 16.0 Å². The Balaban J connectivity index is 1.82. The first-order valence-corrected chi connectivity index (χ1v) is 12.8. The summed E-state index contributed by atoms with van der Waals surface area (Å²) in [5.41, 5.74) is 1.19. The molecule has 0 aliphatic carbocycles. The van der Waals surface area contributed by atoms with Crippen molar-refractivity contribution in [1.82, 2.24) is 4.41 Å². The van der Waals surface area contributed by atoms with Gasteiger partial charge in [-0.2, -0.15) is 17.9 Å². The van der Waals surface area contributed by atoms with Crippen LogP contribution in [0.3, 0.4) is 0 Å². The molecule has 0 unspecified atom stereocenters. The molecule has 162 valence electrons. The van der Waals surface area contributed by atoms with Crippen LogP contribution < -0.4 is 4.72 Å². The molecule has 1 atom stereocenters. The largest absolute Gasteiger partial charge is 0.467 e. The van der Waals surface area contributed by atoms with Gasteiger partial charge in [0.25, 0.3) is 10.0 Å². The molecule has 11 heteroatoms. The summed E-state index contributed by atoms with van der Waals surface area (Å²) < 4.78 is 59.3. The van der Waals surface area contributed by atoms with Gasteiger partial charge in [0.2, 0.25) is 10.0 Å². The van der Waals surface area contributed by atoms with E-state index in [1.54, 1.807) is 48.5 Å². The number of nitrogens with one attached hydrogen (secondary N) is 1. The number of sulfonamides is 2. The van der Waals surface area contributed by atoms with Crippen LogP contribution in [0.25, 0.3) is 0 Å². The van der Waals surface area contributed by atoms with Crippen molar-refractivity contribution in [3.63, 3.8) is 0 Å². The van der Waals surface area contributed by atoms with Crippen LogP contribution in [0.5, 0.6) is 0 Å². The number of hydrogen-bond donors (Lipinski definition) is 1. The molecule has 0 fully saturated rings. The Hall–Kier alpha value is -2.82. The number of para-hydroxylation sites is 1. The molecule has 4 rings (SSSR count). The Morgan fingerprint density at radius 1 is 1.06 bits per heavy atom. The van der Waals surface area contributed by atoms with Gasteiger partial charge in [-0.25, -0.2) is 8.42 Å². The second-order valence-electron chi connectivity index (χ2n) is 6.94. The number of hydrogen-bond acceptors (Lipinski definition) is 6. The summed E-state index contributed by atoms with van der Waals surface area (Å²) in [5.74, 6) is 0.415. The number of nitrogens with zero attached hydrogens (tertiary/aromatic N) is 2. The molecule has 31 heavy (non-hydrogen) atoms. The Morgan fingerprint density at radius 2 is 1.84 bits per heavy atom. The highest BCUT2D eigenvalue weighted by molar-refractivity contribution is 7.92. The Bertz CT molecular complexity index is 1350. The first-order chi connectivity index (χ1) is 14.6. The zero-order valence-corrected chi connectivity index (χ0v) is 18.7. The molecule has 1 aromatic heterocycles. The first-order valence-electron chi connectivity index (χ1n) is 9.13. The van der Waals surface area contributed by atoms with Gasteiger partial charge in [-0.05, 0) is 36.4 Å². The van der Waals surface area contributed by atoms with Gasteiger partial charge in [0.1, 0.15) is 11.8 Å². The Labute approximate surface area is 185 Å². The van der Waals surface area contributed by atoms with Gasteiger partial charge in [0, 0.05) is 17.0 Å². The van der Waals surface area contributed by atoms with Gasteiger partial charge < -0.3 is 4.42 Å². The lowest BCUT2D eigenvalue weighted by Crippen LogP contribution is -2.27. The minimum absolute atomic E-state index is 0.0101. The maximum Gasteiger partial charge on any atom is 0.279 e. The lowest BCUT2D eigenvalue weighted by atomic mass is 10.0. The van der Waals surface area contributed by atoms with Crippen molar-refractivity contribution >= 4 is 43.0 Å². The summed E-state index contributed by atoms with van der Waals surface area (Å²) in [6, 6.07) is 15.2. The number of furan rings is 1. The minimum atomic E-state index is -4.06. The smallest absolute Gasteiger partial charge is 0.279 e. The normalized spacial score (nSPS) is 16.9. The van der Waals surface area contributed by atoms with Crippen molar-refractivity contribution in [2.75, 3.05) is 11.0 Å². The quantitative estimate of drug-likeness (QED) is 0.577. The first kappa shape index (κ1) is 21.4. The Kier molecular flexibility index (Phi) is 5.54. The molecule has 2 heterocycles. The van der Waals surface area contributed by atoms with E-state index in [1.165, 1.54) is 18.4 Å². The van der Waals surface area contributed by atoms with E-state index in [0.717, 1.165) is 10.7 Å². The van der Waals surface area contributed by atoms with Crippen molar-refractivity contribution in [2.24, 2.45) is 5.10 Å². The SMILES string of the molecule is CS(=O)(=O)Nc1ccccc1C1=NN(S(=O)(=O)c2cccc(Cl)c2)[C@@H](c2ccco2)C1. The minimum Gasteiger partial charge on any atom is -0.467 e. The summed E-state index contributed by atoms with van der Waals surface area (Å²) in [4.78, 5) is -0.0101. The molecule has 2 aromatic carbocycles. The van der Waals surface area contributed by atoms with Crippen molar-refractivity contribution in [3.05, 3.63) is 83.3 Å². The molecule has 1 N–H and O–H groups in total. The van der Waals surface area contributed by atoms with Crippen molar-refractivity contribution in [2.45, 2.75) is 17.4 Å². The van der Waals surface area contributed by atoms with E-state index < -0.39 is 26.1 Å². The van der Waals surface area contributed by atoms with Crippen LogP contribution in [-0.2, 0) is 20.0 Å². The molecule has 0 saturated carbocycles. The topological polar surface area (TPSA) is 109 Å². The van der Waals surface area contributed by atoms with Crippen LogP contribution in [0, 0.1) is 0 Å². The molecule has 8 nitrogen and oxygen atoms in total. The predicted octanol–water partition coefficient (Wildman–Crippen LogP) is 3.84. The molecule has 0 bridgehead atoms. The molecule has 0 amide bonds. The molecule has 1 aliphatic rings. The average Bonchev–Trinajstić information content (AvgIpc) is 3.37. The van der Waals surface area contributed by atoms with Crippen LogP contribution in [0.1, 0.15) is 23.8 Å². The summed E-state index contributed by atoms with van der Waals surface area (Å²) >= 11 is 6.00. The molecular weight excluding hydrogens is 462 g/mol. The van der Waals surface area contributed by atoms with E-state index in [2.05, 4.69) is 9.82 Å². The van der Waals surface area contributed by atoms with Crippen molar-refractivity contribution < 1.29 is 21.3 Å². The fraction of sp³-hybridized carbons (Fsp3) is 0.150. The van der Waals surface area contributed by atoms with Crippen LogP contribution in [-0.4, -0.2) is 33.2 Å². The second-order valence-corrected chi connectivity index (χ2v) is 10.9. The van der Waals surface area contributed by atoms with Gasteiger partial charge in [0.15, 0.2) is 0 Å². The van der Waals surface area contributed by atoms with Crippen molar-refractivity contribution in [1.29, 1.82) is 0 Å². The second kappa shape index (κ2) is 8.03. The lowest BCUT2D eigenvalue weighted by Gasteiger charge is -2.21. The molecular formula is C20H18ClN3O5S2. The van der Waals surface area contributed by atoms with Gasteiger partial charge in [-0.15, -0.1) is 0 Å². The Morgan fingerprint density at radius 3 is 2.52 bits per heavy atom. The van der Waals surface area contributed by atoms with Gasteiger partial charge in [0.05, 0.1) is 28.8 Å².